The molecular weight excluding hydrogens is 799 g/mol. The van der Waals surface area contributed by atoms with Crippen molar-refractivity contribution in [3.63, 3.8) is 0 Å². The van der Waals surface area contributed by atoms with Gasteiger partial charge in [-0.05, 0) is 84.1 Å². The monoisotopic (exact) mass is 833 g/mol. The van der Waals surface area contributed by atoms with Gasteiger partial charge in [0.15, 0.2) is 0 Å². The number of anilines is 2. The number of hydrogen-bond acceptors (Lipinski definition) is 6. The number of alkyl halides is 3. The molecular formula is C44H35ClF3N7O5. The highest BCUT2D eigenvalue weighted by molar-refractivity contribution is 6.31. The van der Waals surface area contributed by atoms with Gasteiger partial charge in [0, 0.05) is 65.9 Å². The number of aryl methyl sites for hydroxylation is 2. The number of carbonyl (C=O) groups excluding carboxylic acids is 4. The van der Waals surface area contributed by atoms with E-state index < -0.39 is 34.6 Å². The summed E-state index contributed by atoms with van der Waals surface area (Å²) in [6.07, 6.45) is 2.92. The minimum atomic E-state index is -4.64. The molecule has 0 unspecified atom stereocenters. The Kier molecular flexibility index (Phi) is 10.8. The third-order valence-corrected chi connectivity index (χ3v) is 10.7. The van der Waals surface area contributed by atoms with Crippen molar-refractivity contribution in [1.29, 1.82) is 0 Å². The Morgan fingerprint density at radius 1 is 0.850 bits per heavy atom. The third kappa shape index (κ3) is 7.99. The van der Waals surface area contributed by atoms with Crippen LogP contribution in [-0.4, -0.2) is 45.3 Å². The van der Waals surface area contributed by atoms with Crippen LogP contribution in [0, 0.1) is 0 Å². The molecule has 12 nitrogen and oxygen atoms in total. The minimum Gasteiger partial charge on any atom is -0.457 e. The lowest BCUT2D eigenvalue weighted by Gasteiger charge is -2.15. The lowest BCUT2D eigenvalue weighted by molar-refractivity contribution is -0.137. The Hall–Kier alpha value is -7.13. The first kappa shape index (κ1) is 39.7. The zero-order chi connectivity index (χ0) is 42.1. The zero-order valence-electron chi connectivity index (χ0n) is 31.7. The normalized spacial score (nSPS) is 15.9. The second kappa shape index (κ2) is 16.3. The van der Waals surface area contributed by atoms with Crippen molar-refractivity contribution in [2.45, 2.75) is 37.4 Å². The molecule has 2 aliphatic rings. The maximum atomic E-state index is 12.9. The average molecular weight is 834 g/mol. The SMILES string of the molecule is CNC(=O)c1cc(Oc2ccc(NC(=O)Nc3ccc(Cl)c(C(F)(F)F)c3)cc2)ccn1.O=C1NC(=O)[C@@H](c2cn3c4c(cccc24)CCC3)[C@@H]1c1c[nH]c2ccccc12. The van der Waals surface area contributed by atoms with Gasteiger partial charge < -0.3 is 30.2 Å². The lowest BCUT2D eigenvalue weighted by atomic mass is 9.83. The largest absolute Gasteiger partial charge is 0.457 e. The maximum Gasteiger partial charge on any atom is 0.417 e. The van der Waals surface area contributed by atoms with Gasteiger partial charge >= 0.3 is 12.2 Å². The number of hydrogen-bond donors (Lipinski definition) is 5. The molecule has 2 aliphatic heterocycles. The standard InChI is InChI=1S/C23H19N3O2.C21H16ClF3N4O3/c27-22-19(16-11-24-18-9-2-1-7-14(16)18)20(23(28)25-22)17-12-26-10-4-6-13-5-3-8-15(17)21(13)26;1-26-19(30)18-11-15(8-9-27-18)32-14-5-2-12(3-6-14)28-20(31)29-13-4-7-17(22)16(10-13)21(23,24)25/h1-3,5,7-9,11-12,19-20,24H,4,6,10H2,(H,25,27,28);2-11H,1H3,(H,26,30)(H2,28,29,31)/t19-,20-;/m0./s1. The quantitative estimate of drug-likeness (QED) is 0.101. The number of para-hydroxylation sites is 2. The molecule has 0 spiro atoms. The summed E-state index contributed by atoms with van der Waals surface area (Å²) in [5.74, 6) is -0.992. The molecule has 0 saturated carbocycles. The Morgan fingerprint density at radius 3 is 2.33 bits per heavy atom. The highest BCUT2D eigenvalue weighted by Crippen LogP contribution is 2.44. The molecule has 0 aliphatic carbocycles. The Labute approximate surface area is 345 Å². The topological polar surface area (TPSA) is 159 Å². The van der Waals surface area contributed by atoms with Crippen LogP contribution < -0.4 is 26.0 Å². The highest BCUT2D eigenvalue weighted by atomic mass is 35.5. The van der Waals surface area contributed by atoms with E-state index >= 15 is 0 Å². The van der Waals surface area contributed by atoms with Gasteiger partial charge in [0.2, 0.25) is 11.8 Å². The van der Waals surface area contributed by atoms with E-state index in [2.05, 4.69) is 60.2 Å². The van der Waals surface area contributed by atoms with Gasteiger partial charge in [0.1, 0.15) is 17.2 Å². The number of amides is 5. The number of fused-ring (bicyclic) bond motifs is 1. The summed E-state index contributed by atoms with van der Waals surface area (Å²) < 4.78 is 46.7. The maximum absolute atomic E-state index is 12.9. The molecule has 60 heavy (non-hydrogen) atoms. The van der Waals surface area contributed by atoms with Crippen LogP contribution in [0.4, 0.5) is 29.3 Å². The number of aromatic nitrogens is 3. The molecule has 4 aromatic carbocycles. The van der Waals surface area contributed by atoms with Crippen molar-refractivity contribution < 1.29 is 37.1 Å². The number of urea groups is 1. The van der Waals surface area contributed by atoms with Crippen LogP contribution in [0.5, 0.6) is 11.5 Å². The van der Waals surface area contributed by atoms with E-state index in [1.807, 2.05) is 30.5 Å². The molecule has 5 amide bonds. The van der Waals surface area contributed by atoms with Crippen LogP contribution in [0.25, 0.3) is 21.8 Å². The molecule has 0 radical (unpaired) electrons. The van der Waals surface area contributed by atoms with Gasteiger partial charge in [0.05, 0.1) is 27.9 Å². The van der Waals surface area contributed by atoms with Crippen LogP contribution in [0.1, 0.15) is 51.0 Å². The van der Waals surface area contributed by atoms with E-state index in [1.54, 1.807) is 30.3 Å². The molecule has 16 heteroatoms. The predicted octanol–water partition coefficient (Wildman–Crippen LogP) is 9.14. The number of carbonyl (C=O) groups is 4. The summed E-state index contributed by atoms with van der Waals surface area (Å²) >= 11 is 5.57. The van der Waals surface area contributed by atoms with Gasteiger partial charge in [-0.1, -0.05) is 48.0 Å². The van der Waals surface area contributed by atoms with Crippen LogP contribution in [0.15, 0.2) is 116 Å². The number of aromatic amines is 1. The van der Waals surface area contributed by atoms with Crippen molar-refractivity contribution in [1.82, 2.24) is 25.2 Å². The number of imide groups is 1. The first-order valence-electron chi connectivity index (χ1n) is 18.8. The van der Waals surface area contributed by atoms with E-state index in [4.69, 9.17) is 16.3 Å². The first-order valence-corrected chi connectivity index (χ1v) is 19.2. The van der Waals surface area contributed by atoms with Gasteiger partial charge in [0.25, 0.3) is 5.91 Å². The summed E-state index contributed by atoms with van der Waals surface area (Å²) in [6.45, 7) is 0.952. The number of nitrogens with zero attached hydrogens (tertiary/aromatic N) is 2. The van der Waals surface area contributed by atoms with Crippen molar-refractivity contribution in [2.24, 2.45) is 0 Å². The number of nitrogens with one attached hydrogen (secondary N) is 5. The second-order valence-electron chi connectivity index (χ2n) is 14.1. The van der Waals surface area contributed by atoms with E-state index in [0.717, 1.165) is 58.9 Å². The van der Waals surface area contributed by atoms with Crippen molar-refractivity contribution in [2.75, 3.05) is 17.7 Å². The van der Waals surface area contributed by atoms with Crippen LogP contribution in [0.3, 0.4) is 0 Å². The van der Waals surface area contributed by atoms with E-state index in [0.29, 0.717) is 17.2 Å². The fourth-order valence-electron chi connectivity index (χ4n) is 7.69. The third-order valence-electron chi connectivity index (χ3n) is 10.4. The second-order valence-corrected chi connectivity index (χ2v) is 14.6. The Bertz CT molecular complexity index is 2800. The van der Waals surface area contributed by atoms with Crippen molar-refractivity contribution in [3.05, 3.63) is 149 Å². The first-order chi connectivity index (χ1) is 28.9. The molecule has 5 heterocycles. The molecule has 0 bridgehead atoms. The van der Waals surface area contributed by atoms with E-state index in [-0.39, 0.29) is 29.1 Å². The fraction of sp³-hybridized carbons (Fsp3) is 0.159. The van der Waals surface area contributed by atoms with Crippen molar-refractivity contribution >= 4 is 68.5 Å². The van der Waals surface area contributed by atoms with Crippen molar-refractivity contribution in [3.8, 4) is 11.5 Å². The van der Waals surface area contributed by atoms with E-state index in [9.17, 15) is 32.3 Å². The van der Waals surface area contributed by atoms with Crippen LogP contribution >= 0.6 is 11.6 Å². The summed E-state index contributed by atoms with van der Waals surface area (Å²) in [6, 6.07) is 25.8. The number of halogens is 4. The van der Waals surface area contributed by atoms with Crippen LogP contribution in [0.2, 0.25) is 5.02 Å². The summed E-state index contributed by atoms with van der Waals surface area (Å²) in [5, 5.41) is 11.5. The van der Waals surface area contributed by atoms with Crippen LogP contribution in [-0.2, 0) is 28.7 Å². The Balaban J connectivity index is 0.000000167. The summed E-state index contributed by atoms with van der Waals surface area (Å²) in [4.78, 5) is 56.7. The fourth-order valence-corrected chi connectivity index (χ4v) is 7.91. The average Bonchev–Trinajstić information content (AvgIpc) is 3.91. The number of ether oxygens (including phenoxy) is 1. The summed E-state index contributed by atoms with van der Waals surface area (Å²) in [7, 11) is 1.49. The smallest absolute Gasteiger partial charge is 0.417 e. The lowest BCUT2D eigenvalue weighted by Crippen LogP contribution is -2.21. The van der Waals surface area contributed by atoms with Gasteiger partial charge in [-0.25, -0.2) is 4.79 Å². The minimum absolute atomic E-state index is 0.0659. The summed E-state index contributed by atoms with van der Waals surface area (Å²) in [5.41, 5.74) is 4.81. The van der Waals surface area contributed by atoms with Gasteiger partial charge in [-0.3, -0.25) is 24.7 Å². The van der Waals surface area contributed by atoms with Gasteiger partial charge in [-0.15, -0.1) is 0 Å². The highest BCUT2D eigenvalue weighted by Gasteiger charge is 2.46. The Morgan fingerprint density at radius 2 is 1.57 bits per heavy atom. The molecule has 5 N–H and O–H groups in total. The molecule has 7 aromatic rings. The molecule has 304 valence electrons. The number of pyridine rings is 1. The zero-order valence-corrected chi connectivity index (χ0v) is 32.4. The molecule has 1 saturated heterocycles. The number of rotatable bonds is 7. The number of H-pyrrole nitrogens is 1. The molecule has 1 fully saturated rings. The van der Waals surface area contributed by atoms with Gasteiger partial charge in [-0.2, -0.15) is 13.2 Å². The molecule has 2 atom stereocenters. The number of benzene rings is 4. The molecule has 9 rings (SSSR count). The predicted molar refractivity (Wildman–Crippen MR) is 220 cm³/mol. The molecule has 3 aromatic heterocycles. The van der Waals surface area contributed by atoms with E-state index in [1.165, 1.54) is 36.5 Å².